The number of anilines is 1. The molecule has 8 heteroatoms. The molecule has 1 atom stereocenters. The van der Waals surface area contributed by atoms with Gasteiger partial charge in [0, 0.05) is 49.7 Å². The van der Waals surface area contributed by atoms with Crippen molar-refractivity contribution < 1.29 is 9.53 Å². The van der Waals surface area contributed by atoms with E-state index in [-0.39, 0.29) is 12.1 Å². The van der Waals surface area contributed by atoms with Crippen molar-refractivity contribution in [2.75, 3.05) is 31.6 Å². The van der Waals surface area contributed by atoms with Gasteiger partial charge < -0.3 is 19.9 Å². The highest BCUT2D eigenvalue weighted by molar-refractivity contribution is 7.09. The van der Waals surface area contributed by atoms with Crippen molar-refractivity contribution >= 4 is 22.7 Å². The fourth-order valence-corrected chi connectivity index (χ4v) is 5.07. The van der Waals surface area contributed by atoms with E-state index < -0.39 is 0 Å². The molecule has 1 saturated heterocycles. The first-order valence-corrected chi connectivity index (χ1v) is 11.7. The summed E-state index contributed by atoms with van der Waals surface area (Å²) in [6, 6.07) is 8.59. The van der Waals surface area contributed by atoms with Crippen LogP contribution < -0.4 is 15.0 Å². The van der Waals surface area contributed by atoms with Crippen LogP contribution in [0.1, 0.15) is 50.4 Å². The molecule has 0 radical (unpaired) electrons. The van der Waals surface area contributed by atoms with E-state index in [2.05, 4.69) is 27.6 Å². The molecule has 7 nitrogen and oxygen atoms in total. The number of carbonyl (C=O) groups excluding carboxylic acids is 1. The molecule has 0 bridgehead atoms. The van der Waals surface area contributed by atoms with Gasteiger partial charge >= 0.3 is 6.03 Å². The number of urea groups is 1. The van der Waals surface area contributed by atoms with E-state index in [0.29, 0.717) is 19.0 Å². The smallest absolute Gasteiger partial charge is 0.317 e. The fraction of sp³-hybridized carbons (Fsp3) is 0.591. The van der Waals surface area contributed by atoms with Crippen molar-refractivity contribution in [3.8, 4) is 5.75 Å². The van der Waals surface area contributed by atoms with Gasteiger partial charge in [-0.3, -0.25) is 0 Å². The van der Waals surface area contributed by atoms with Crippen LogP contribution in [0.15, 0.2) is 24.3 Å². The molecule has 1 N–H and O–H groups in total. The number of nitrogens with one attached hydrogen (secondary N) is 1. The van der Waals surface area contributed by atoms with Gasteiger partial charge in [-0.25, -0.2) is 9.78 Å². The third-order valence-corrected chi connectivity index (χ3v) is 6.86. The normalized spacial score (nSPS) is 20.3. The number of amides is 2. The maximum absolute atomic E-state index is 12.7. The minimum atomic E-state index is 0.0880. The molecule has 30 heavy (non-hydrogen) atoms. The number of hydrogen-bond acceptors (Lipinski definition) is 6. The molecule has 2 aromatic rings. The van der Waals surface area contributed by atoms with Crippen LogP contribution in [-0.2, 0) is 6.42 Å². The summed E-state index contributed by atoms with van der Waals surface area (Å²) in [5, 5.41) is 4.18. The second kappa shape index (κ2) is 9.64. The molecule has 0 unspecified atom stereocenters. The third-order valence-electron chi connectivity index (χ3n) is 6.05. The molecule has 1 aromatic carbocycles. The van der Waals surface area contributed by atoms with E-state index >= 15 is 0 Å². The molecule has 162 valence electrons. The monoisotopic (exact) mass is 429 g/mol. The molecule has 2 heterocycles. The van der Waals surface area contributed by atoms with E-state index in [1.807, 2.05) is 23.1 Å². The lowest BCUT2D eigenvalue weighted by Gasteiger charge is -2.40. The van der Waals surface area contributed by atoms with Crippen LogP contribution in [0, 0.1) is 0 Å². The van der Waals surface area contributed by atoms with Crippen LogP contribution in [0.3, 0.4) is 0 Å². The SMILES string of the molecule is COc1cccc(Cc2nsc(N3CCN(C(=O)NC4CCCCC4)[C@@H](C)C3)n2)c1. The Balaban J connectivity index is 1.32. The molecule has 1 aliphatic heterocycles. The molecule has 4 rings (SSSR count). The number of carbonyl (C=O) groups is 1. The van der Waals surface area contributed by atoms with Crippen molar-refractivity contribution in [3.05, 3.63) is 35.7 Å². The first-order valence-electron chi connectivity index (χ1n) is 10.9. The van der Waals surface area contributed by atoms with Crippen LogP contribution in [0.25, 0.3) is 0 Å². The maximum atomic E-state index is 12.7. The highest BCUT2D eigenvalue weighted by Gasteiger charge is 2.30. The van der Waals surface area contributed by atoms with Crippen LogP contribution >= 0.6 is 11.5 Å². The Hall–Kier alpha value is -2.35. The minimum Gasteiger partial charge on any atom is -0.497 e. The van der Waals surface area contributed by atoms with Crippen LogP contribution in [0.5, 0.6) is 5.75 Å². The fourth-order valence-electron chi connectivity index (χ4n) is 4.35. The van der Waals surface area contributed by atoms with E-state index in [4.69, 9.17) is 9.72 Å². The van der Waals surface area contributed by atoms with Gasteiger partial charge in [0.25, 0.3) is 0 Å². The van der Waals surface area contributed by atoms with Gasteiger partial charge in [-0.05, 0) is 37.5 Å². The Kier molecular flexibility index (Phi) is 6.72. The van der Waals surface area contributed by atoms with Crippen molar-refractivity contribution in [2.24, 2.45) is 0 Å². The van der Waals surface area contributed by atoms with E-state index in [1.165, 1.54) is 30.8 Å². The van der Waals surface area contributed by atoms with Gasteiger partial charge in [-0.2, -0.15) is 4.37 Å². The van der Waals surface area contributed by atoms with Crippen molar-refractivity contribution in [1.29, 1.82) is 0 Å². The highest BCUT2D eigenvalue weighted by atomic mass is 32.1. The summed E-state index contributed by atoms with van der Waals surface area (Å²) in [6.45, 7) is 4.40. The molecule has 2 amide bonds. The highest BCUT2D eigenvalue weighted by Crippen LogP contribution is 2.24. The summed E-state index contributed by atoms with van der Waals surface area (Å²) >= 11 is 1.44. The zero-order valence-electron chi connectivity index (χ0n) is 17.8. The zero-order chi connectivity index (χ0) is 20.9. The average molecular weight is 430 g/mol. The standard InChI is InChI=1S/C22H31N5O2S/c1-16-15-26(11-12-27(16)21(28)23-18-8-4-3-5-9-18)22-24-20(25-30-22)14-17-7-6-10-19(13-17)29-2/h6-7,10,13,16,18H,3-5,8-9,11-12,14-15H2,1-2H3,(H,23,28)/t16-/m0/s1. The Morgan fingerprint density at radius 2 is 2.10 bits per heavy atom. The lowest BCUT2D eigenvalue weighted by Crippen LogP contribution is -2.58. The van der Waals surface area contributed by atoms with E-state index in [0.717, 1.165) is 48.2 Å². The molecule has 0 spiro atoms. The molecular formula is C22H31N5O2S. The van der Waals surface area contributed by atoms with E-state index in [9.17, 15) is 4.79 Å². The summed E-state index contributed by atoms with van der Waals surface area (Å²) < 4.78 is 9.85. The van der Waals surface area contributed by atoms with Crippen LogP contribution in [0.2, 0.25) is 0 Å². The predicted octanol–water partition coefficient (Wildman–Crippen LogP) is 3.69. The largest absolute Gasteiger partial charge is 0.497 e. The van der Waals surface area contributed by atoms with Crippen molar-refractivity contribution in [1.82, 2.24) is 19.6 Å². The van der Waals surface area contributed by atoms with Gasteiger partial charge in [0.1, 0.15) is 11.6 Å². The molecule has 1 aromatic heterocycles. The quantitative estimate of drug-likeness (QED) is 0.785. The number of benzene rings is 1. The lowest BCUT2D eigenvalue weighted by atomic mass is 9.96. The van der Waals surface area contributed by atoms with Crippen LogP contribution in [-0.4, -0.2) is 59.1 Å². The lowest BCUT2D eigenvalue weighted by molar-refractivity contribution is 0.165. The zero-order valence-corrected chi connectivity index (χ0v) is 18.7. The summed E-state index contributed by atoms with van der Waals surface area (Å²) in [6.07, 6.45) is 6.66. The number of nitrogens with zero attached hydrogens (tertiary/aromatic N) is 4. The summed E-state index contributed by atoms with van der Waals surface area (Å²) in [5.74, 6) is 1.67. The minimum absolute atomic E-state index is 0.0880. The van der Waals surface area contributed by atoms with Gasteiger partial charge in [0.15, 0.2) is 0 Å². The number of piperazine rings is 1. The average Bonchev–Trinajstić information content (AvgIpc) is 3.23. The molecule has 1 saturated carbocycles. The second-order valence-corrected chi connectivity index (χ2v) is 9.02. The first kappa shape index (κ1) is 20.9. The Bertz CT molecular complexity index is 852. The maximum Gasteiger partial charge on any atom is 0.317 e. The summed E-state index contributed by atoms with van der Waals surface area (Å²) in [4.78, 5) is 21.7. The Morgan fingerprint density at radius 3 is 2.87 bits per heavy atom. The molecule has 2 fully saturated rings. The number of aromatic nitrogens is 2. The number of methoxy groups -OCH3 is 1. The van der Waals surface area contributed by atoms with Crippen molar-refractivity contribution in [3.63, 3.8) is 0 Å². The topological polar surface area (TPSA) is 70.6 Å². The Morgan fingerprint density at radius 1 is 1.27 bits per heavy atom. The molecule has 1 aliphatic carbocycles. The van der Waals surface area contributed by atoms with E-state index in [1.54, 1.807) is 7.11 Å². The number of hydrogen-bond donors (Lipinski definition) is 1. The third kappa shape index (κ3) is 5.03. The van der Waals surface area contributed by atoms with Gasteiger partial charge in [-0.1, -0.05) is 31.4 Å². The number of ether oxygens (including phenoxy) is 1. The van der Waals surface area contributed by atoms with Crippen molar-refractivity contribution in [2.45, 2.75) is 57.5 Å². The first-order chi connectivity index (χ1) is 14.6. The number of rotatable bonds is 5. The second-order valence-electron chi connectivity index (χ2n) is 8.29. The van der Waals surface area contributed by atoms with Gasteiger partial charge in [0.2, 0.25) is 5.13 Å². The van der Waals surface area contributed by atoms with Gasteiger partial charge in [0.05, 0.1) is 7.11 Å². The van der Waals surface area contributed by atoms with Crippen LogP contribution in [0.4, 0.5) is 9.93 Å². The predicted molar refractivity (Wildman–Crippen MR) is 119 cm³/mol. The molecule has 2 aliphatic rings. The summed E-state index contributed by atoms with van der Waals surface area (Å²) in [7, 11) is 1.68. The van der Waals surface area contributed by atoms with Gasteiger partial charge in [-0.15, -0.1) is 0 Å². The molecular weight excluding hydrogens is 398 g/mol. The summed E-state index contributed by atoms with van der Waals surface area (Å²) in [5.41, 5.74) is 1.14. The Labute approximate surface area is 182 Å².